The molecular weight excluding hydrogens is 444 g/mol. The number of hydrogen-bond acceptors (Lipinski definition) is 3. The van der Waals surface area contributed by atoms with E-state index in [1.807, 2.05) is 30.3 Å². The average Bonchev–Trinajstić information content (AvgIpc) is 2.78. The number of rotatable bonds is 5. The number of halogens is 1. The van der Waals surface area contributed by atoms with Crippen LogP contribution >= 0.6 is 15.9 Å². The van der Waals surface area contributed by atoms with Crippen LogP contribution in [0.3, 0.4) is 0 Å². The highest BCUT2D eigenvalue weighted by Gasteiger charge is 2.21. The molecule has 1 aliphatic rings. The largest absolute Gasteiger partial charge is 0.371 e. The lowest BCUT2D eigenvalue weighted by molar-refractivity contribution is 0.0411. The molecule has 152 valence electrons. The first-order chi connectivity index (χ1) is 14.6. The molecule has 2 amide bonds. The number of fused-ring (bicyclic) bond motifs is 1. The Hall–Kier alpha value is -2.96. The van der Waals surface area contributed by atoms with Gasteiger partial charge in [0.1, 0.15) is 6.10 Å². The first-order valence-corrected chi connectivity index (χ1v) is 10.5. The molecule has 0 saturated carbocycles. The van der Waals surface area contributed by atoms with E-state index in [1.54, 1.807) is 36.4 Å². The van der Waals surface area contributed by atoms with Crippen LogP contribution in [0.1, 0.15) is 37.9 Å². The lowest BCUT2D eigenvalue weighted by Crippen LogP contribution is -2.31. The van der Waals surface area contributed by atoms with Crippen molar-refractivity contribution in [1.29, 1.82) is 0 Å². The molecule has 0 aromatic heterocycles. The van der Waals surface area contributed by atoms with E-state index in [0.29, 0.717) is 30.0 Å². The van der Waals surface area contributed by atoms with Crippen molar-refractivity contribution in [3.8, 4) is 0 Å². The normalized spacial score (nSPS) is 15.2. The van der Waals surface area contributed by atoms with Crippen molar-refractivity contribution >= 4 is 33.4 Å². The minimum atomic E-state index is -0.201. The summed E-state index contributed by atoms with van der Waals surface area (Å²) in [5.74, 6) is -0.375. The van der Waals surface area contributed by atoms with Gasteiger partial charge in [0.2, 0.25) is 0 Å². The number of hydrogen-bond donors (Lipinski definition) is 2. The zero-order valence-corrected chi connectivity index (χ0v) is 17.8. The summed E-state index contributed by atoms with van der Waals surface area (Å²) < 4.78 is 6.75. The van der Waals surface area contributed by atoms with Crippen LogP contribution in [0.25, 0.3) is 0 Å². The molecule has 0 fully saturated rings. The number of anilines is 1. The Kier molecular flexibility index (Phi) is 6.26. The zero-order chi connectivity index (χ0) is 20.9. The summed E-state index contributed by atoms with van der Waals surface area (Å²) in [7, 11) is 0. The van der Waals surface area contributed by atoms with E-state index in [-0.39, 0.29) is 17.9 Å². The van der Waals surface area contributed by atoms with Gasteiger partial charge in [0.25, 0.3) is 11.8 Å². The maximum atomic E-state index is 12.5. The fourth-order valence-corrected chi connectivity index (χ4v) is 3.71. The summed E-state index contributed by atoms with van der Waals surface area (Å²) in [5, 5.41) is 5.78. The van der Waals surface area contributed by atoms with Crippen molar-refractivity contribution < 1.29 is 14.3 Å². The maximum Gasteiger partial charge on any atom is 0.255 e. The summed E-state index contributed by atoms with van der Waals surface area (Å²) in [6, 6.07) is 22.1. The second-order valence-electron chi connectivity index (χ2n) is 7.06. The van der Waals surface area contributed by atoms with Gasteiger partial charge in [-0.25, -0.2) is 0 Å². The van der Waals surface area contributed by atoms with Gasteiger partial charge >= 0.3 is 0 Å². The number of nitrogens with one attached hydrogen (secondary N) is 2. The van der Waals surface area contributed by atoms with E-state index < -0.39 is 0 Å². The van der Waals surface area contributed by atoms with Crippen molar-refractivity contribution in [2.24, 2.45) is 0 Å². The molecular formula is C24H21BrN2O3. The van der Waals surface area contributed by atoms with Crippen LogP contribution in [-0.4, -0.2) is 25.0 Å². The second kappa shape index (κ2) is 9.24. The molecule has 2 N–H and O–H groups in total. The average molecular weight is 465 g/mol. The Morgan fingerprint density at radius 2 is 1.57 bits per heavy atom. The Morgan fingerprint density at radius 3 is 2.33 bits per heavy atom. The van der Waals surface area contributed by atoms with E-state index in [0.717, 1.165) is 16.5 Å². The fraction of sp³-hybridized carbons (Fsp3) is 0.167. The van der Waals surface area contributed by atoms with Crippen LogP contribution < -0.4 is 10.6 Å². The van der Waals surface area contributed by atoms with E-state index in [9.17, 15) is 9.59 Å². The fourth-order valence-electron chi connectivity index (χ4n) is 3.44. The standard InChI is InChI=1S/C24H21BrN2O3/c25-19-9-5-18(6-10-19)24(29)27-20-11-7-17(8-12-20)23(28)26-15-22-21-4-2-1-3-16(21)13-14-30-22/h1-12,22H,13-15H2,(H,26,28)(H,27,29)/t22-/m1/s1. The molecule has 0 bridgehead atoms. The number of carbonyl (C=O) groups is 2. The summed E-state index contributed by atoms with van der Waals surface area (Å²) >= 11 is 3.35. The van der Waals surface area contributed by atoms with Gasteiger partial charge in [0.15, 0.2) is 0 Å². The molecule has 5 nitrogen and oxygen atoms in total. The number of benzene rings is 3. The first-order valence-electron chi connectivity index (χ1n) is 9.75. The quantitative estimate of drug-likeness (QED) is 0.572. The van der Waals surface area contributed by atoms with Crippen LogP contribution in [-0.2, 0) is 11.2 Å². The Morgan fingerprint density at radius 1 is 0.900 bits per heavy atom. The molecule has 0 unspecified atom stereocenters. The molecule has 4 rings (SSSR count). The van der Waals surface area contributed by atoms with Gasteiger partial charge in [-0.2, -0.15) is 0 Å². The summed E-state index contributed by atoms with van der Waals surface area (Å²) in [4.78, 5) is 24.8. The van der Waals surface area contributed by atoms with Gasteiger partial charge in [-0.3, -0.25) is 9.59 Å². The summed E-state index contributed by atoms with van der Waals surface area (Å²) in [5.41, 5.74) is 4.13. The monoisotopic (exact) mass is 464 g/mol. The van der Waals surface area contributed by atoms with Crippen molar-refractivity contribution in [3.05, 3.63) is 99.5 Å². The highest BCUT2D eigenvalue weighted by molar-refractivity contribution is 9.10. The minimum absolute atomic E-state index is 0.136. The Balaban J connectivity index is 1.34. The zero-order valence-electron chi connectivity index (χ0n) is 16.2. The second-order valence-corrected chi connectivity index (χ2v) is 7.97. The lowest BCUT2D eigenvalue weighted by atomic mass is 9.97. The lowest BCUT2D eigenvalue weighted by Gasteiger charge is -2.26. The van der Waals surface area contributed by atoms with Gasteiger partial charge in [-0.15, -0.1) is 0 Å². The van der Waals surface area contributed by atoms with E-state index in [2.05, 4.69) is 32.6 Å². The number of carbonyl (C=O) groups excluding carboxylic acids is 2. The molecule has 3 aromatic rings. The van der Waals surface area contributed by atoms with Crippen LogP contribution in [0.2, 0.25) is 0 Å². The molecule has 1 atom stereocenters. The molecule has 0 spiro atoms. The van der Waals surface area contributed by atoms with Crippen LogP contribution in [0.15, 0.2) is 77.3 Å². The molecule has 30 heavy (non-hydrogen) atoms. The third kappa shape index (κ3) is 4.78. The van der Waals surface area contributed by atoms with Gasteiger partial charge in [-0.05, 0) is 66.1 Å². The van der Waals surface area contributed by atoms with Gasteiger partial charge in [0.05, 0.1) is 6.61 Å². The molecule has 3 aromatic carbocycles. The molecule has 1 heterocycles. The van der Waals surface area contributed by atoms with Crippen molar-refractivity contribution in [3.63, 3.8) is 0 Å². The van der Waals surface area contributed by atoms with Gasteiger partial charge < -0.3 is 15.4 Å². The number of ether oxygens (including phenoxy) is 1. The Labute approximate surface area is 183 Å². The predicted octanol–water partition coefficient (Wildman–Crippen LogP) is 4.75. The molecule has 6 heteroatoms. The SMILES string of the molecule is O=C(NC[C@H]1OCCc2ccccc21)c1ccc(NC(=O)c2ccc(Br)cc2)cc1. The third-order valence-electron chi connectivity index (χ3n) is 5.05. The molecule has 0 aliphatic carbocycles. The highest BCUT2D eigenvalue weighted by Crippen LogP contribution is 2.26. The Bertz CT molecular complexity index is 1050. The van der Waals surface area contributed by atoms with Crippen molar-refractivity contribution in [2.75, 3.05) is 18.5 Å². The van der Waals surface area contributed by atoms with Gasteiger partial charge in [-0.1, -0.05) is 40.2 Å². The van der Waals surface area contributed by atoms with E-state index >= 15 is 0 Å². The summed E-state index contributed by atoms with van der Waals surface area (Å²) in [6.07, 6.45) is 0.761. The minimum Gasteiger partial charge on any atom is -0.371 e. The van der Waals surface area contributed by atoms with Gasteiger partial charge in [0, 0.05) is 27.8 Å². The van der Waals surface area contributed by atoms with E-state index in [4.69, 9.17) is 4.74 Å². The van der Waals surface area contributed by atoms with Crippen molar-refractivity contribution in [2.45, 2.75) is 12.5 Å². The maximum absolute atomic E-state index is 12.5. The summed E-state index contributed by atoms with van der Waals surface area (Å²) in [6.45, 7) is 1.07. The highest BCUT2D eigenvalue weighted by atomic mass is 79.9. The smallest absolute Gasteiger partial charge is 0.255 e. The first kappa shape index (κ1) is 20.3. The van der Waals surface area contributed by atoms with Crippen LogP contribution in [0.5, 0.6) is 0 Å². The third-order valence-corrected chi connectivity index (χ3v) is 5.58. The molecule has 1 aliphatic heterocycles. The van der Waals surface area contributed by atoms with Crippen LogP contribution in [0, 0.1) is 0 Å². The van der Waals surface area contributed by atoms with Crippen molar-refractivity contribution in [1.82, 2.24) is 5.32 Å². The topological polar surface area (TPSA) is 67.4 Å². The van der Waals surface area contributed by atoms with E-state index in [1.165, 1.54) is 5.56 Å². The van der Waals surface area contributed by atoms with Crippen LogP contribution in [0.4, 0.5) is 5.69 Å². The molecule has 0 saturated heterocycles. The molecule has 0 radical (unpaired) electrons. The predicted molar refractivity (Wildman–Crippen MR) is 120 cm³/mol. The number of amides is 2.